The van der Waals surface area contributed by atoms with Crippen LogP contribution in [0, 0.1) is 6.92 Å². The third-order valence-corrected chi connectivity index (χ3v) is 3.78. The van der Waals surface area contributed by atoms with Crippen molar-refractivity contribution in [3.8, 4) is 0 Å². The van der Waals surface area contributed by atoms with Crippen molar-refractivity contribution in [3.63, 3.8) is 0 Å². The Bertz CT molecular complexity index is 948. The molecule has 0 bridgehead atoms. The third-order valence-electron chi connectivity index (χ3n) is 3.78. The molecule has 4 rings (SSSR count). The van der Waals surface area contributed by atoms with Gasteiger partial charge in [-0.2, -0.15) is 0 Å². The van der Waals surface area contributed by atoms with Crippen LogP contribution in [0.5, 0.6) is 0 Å². The molecule has 24 heavy (non-hydrogen) atoms. The van der Waals surface area contributed by atoms with E-state index >= 15 is 0 Å². The number of nitrogens with zero attached hydrogens (tertiary/aromatic N) is 4. The van der Waals surface area contributed by atoms with Gasteiger partial charge in [0.25, 0.3) is 0 Å². The van der Waals surface area contributed by atoms with E-state index in [4.69, 9.17) is 4.42 Å². The minimum absolute atomic E-state index is 0. The number of anilines is 1. The Balaban J connectivity index is 0.00000169. The average molecular weight is 343 g/mol. The first-order valence-electron chi connectivity index (χ1n) is 7.67. The number of fused-ring (bicyclic) bond motifs is 3. The molecule has 1 N–H and O–H groups in total. The number of benzene rings is 1. The van der Waals surface area contributed by atoms with Crippen LogP contribution in [0.3, 0.4) is 0 Å². The maximum absolute atomic E-state index is 5.94. The summed E-state index contributed by atoms with van der Waals surface area (Å²) in [5.41, 5.74) is 2.42. The lowest BCUT2D eigenvalue weighted by atomic mass is 10.2. The number of aryl methyl sites for hydroxylation is 2. The number of hydrogen-bond donors (Lipinski definition) is 1. The SMILES string of the molecule is Cc1nc(NCCCn2ccnc2)c2oc3ccccc3c2n1.[Cl-]. The predicted octanol–water partition coefficient (Wildman–Crippen LogP) is 0.387. The van der Waals surface area contributed by atoms with Crippen molar-refractivity contribution in [1.29, 1.82) is 0 Å². The van der Waals surface area contributed by atoms with Gasteiger partial charge in [-0.1, -0.05) is 12.1 Å². The first-order valence-corrected chi connectivity index (χ1v) is 7.67. The molecule has 0 saturated carbocycles. The van der Waals surface area contributed by atoms with Gasteiger partial charge in [0, 0.05) is 30.9 Å². The molecule has 0 radical (unpaired) electrons. The smallest absolute Gasteiger partial charge is 0.196 e. The number of aromatic nitrogens is 4. The summed E-state index contributed by atoms with van der Waals surface area (Å²) in [5, 5.41) is 4.40. The Hall–Kier alpha value is -2.60. The van der Waals surface area contributed by atoms with Crippen molar-refractivity contribution in [3.05, 3.63) is 48.8 Å². The predicted molar refractivity (Wildman–Crippen MR) is 89.4 cm³/mol. The first-order chi connectivity index (χ1) is 11.3. The first kappa shape index (κ1) is 16.3. The summed E-state index contributed by atoms with van der Waals surface area (Å²) in [5.74, 6) is 1.50. The zero-order chi connectivity index (χ0) is 15.6. The Kier molecular flexibility index (Phi) is 4.66. The average Bonchev–Trinajstić information content (AvgIpc) is 3.19. The van der Waals surface area contributed by atoms with E-state index < -0.39 is 0 Å². The summed E-state index contributed by atoms with van der Waals surface area (Å²) >= 11 is 0. The second kappa shape index (κ2) is 6.88. The Morgan fingerprint density at radius 2 is 2.08 bits per heavy atom. The molecule has 1 aromatic carbocycles. The van der Waals surface area contributed by atoms with E-state index in [2.05, 4.69) is 24.8 Å². The minimum atomic E-state index is 0. The van der Waals surface area contributed by atoms with Gasteiger partial charge < -0.3 is 26.7 Å². The van der Waals surface area contributed by atoms with Gasteiger partial charge in [0.05, 0.1) is 6.33 Å². The van der Waals surface area contributed by atoms with Crippen LogP contribution in [0.2, 0.25) is 0 Å². The summed E-state index contributed by atoms with van der Waals surface area (Å²) in [6.07, 6.45) is 6.55. The van der Waals surface area contributed by atoms with Crippen molar-refractivity contribution < 1.29 is 16.8 Å². The van der Waals surface area contributed by atoms with Gasteiger partial charge in [-0.25, -0.2) is 15.0 Å². The molecule has 124 valence electrons. The second-order valence-corrected chi connectivity index (χ2v) is 5.48. The van der Waals surface area contributed by atoms with Crippen LogP contribution in [0.1, 0.15) is 12.2 Å². The molecule has 0 fully saturated rings. The van der Waals surface area contributed by atoms with Crippen LogP contribution >= 0.6 is 0 Å². The van der Waals surface area contributed by atoms with Crippen LogP contribution in [-0.4, -0.2) is 26.1 Å². The third kappa shape index (κ3) is 3.05. The summed E-state index contributed by atoms with van der Waals surface area (Å²) in [7, 11) is 0. The number of furan rings is 1. The molecule has 0 saturated heterocycles. The second-order valence-electron chi connectivity index (χ2n) is 5.48. The monoisotopic (exact) mass is 342 g/mol. The fraction of sp³-hybridized carbons (Fsp3) is 0.235. The number of rotatable bonds is 5. The van der Waals surface area contributed by atoms with Crippen LogP contribution in [0.15, 0.2) is 47.4 Å². The standard InChI is InChI=1S/C17H17N5O.ClH/c1-12-20-15-13-5-2-3-6-14(13)23-16(15)17(21-12)19-7-4-9-22-10-8-18-11-22;/h2-3,5-6,8,10-11H,4,7,9H2,1H3,(H,19,20,21);1H/p-1. The highest BCUT2D eigenvalue weighted by molar-refractivity contribution is 6.05. The lowest BCUT2D eigenvalue weighted by Gasteiger charge is -2.07. The number of nitrogens with one attached hydrogen (secondary N) is 1. The molecule has 0 aliphatic rings. The largest absolute Gasteiger partial charge is 1.00 e. The van der Waals surface area contributed by atoms with Crippen molar-refractivity contribution >= 4 is 27.9 Å². The van der Waals surface area contributed by atoms with E-state index in [0.29, 0.717) is 0 Å². The van der Waals surface area contributed by atoms with Crippen molar-refractivity contribution in [2.24, 2.45) is 0 Å². The van der Waals surface area contributed by atoms with E-state index in [1.165, 1.54) is 0 Å². The molecule has 0 amide bonds. The summed E-state index contributed by atoms with van der Waals surface area (Å²) in [4.78, 5) is 13.1. The molecule has 3 heterocycles. The van der Waals surface area contributed by atoms with Gasteiger partial charge in [-0.05, 0) is 25.5 Å². The molecular formula is C17H17ClN5O-. The van der Waals surface area contributed by atoms with E-state index in [-0.39, 0.29) is 12.4 Å². The zero-order valence-electron chi connectivity index (χ0n) is 13.2. The molecular weight excluding hydrogens is 326 g/mol. The van der Waals surface area contributed by atoms with Crippen LogP contribution < -0.4 is 17.7 Å². The number of hydrogen-bond acceptors (Lipinski definition) is 5. The quantitative estimate of drug-likeness (QED) is 0.531. The van der Waals surface area contributed by atoms with Crippen molar-refractivity contribution in [2.45, 2.75) is 19.9 Å². The maximum Gasteiger partial charge on any atom is 0.196 e. The molecule has 3 aromatic heterocycles. The molecule has 0 aliphatic carbocycles. The van der Waals surface area contributed by atoms with Gasteiger partial charge in [0.15, 0.2) is 11.4 Å². The van der Waals surface area contributed by atoms with Gasteiger partial charge >= 0.3 is 0 Å². The fourth-order valence-electron chi connectivity index (χ4n) is 2.71. The Morgan fingerprint density at radius 3 is 2.92 bits per heavy atom. The van der Waals surface area contributed by atoms with Gasteiger partial charge in [0.2, 0.25) is 0 Å². The summed E-state index contributed by atoms with van der Waals surface area (Å²) < 4.78 is 8.00. The molecule has 0 atom stereocenters. The van der Waals surface area contributed by atoms with Gasteiger partial charge in [0.1, 0.15) is 16.9 Å². The van der Waals surface area contributed by atoms with Gasteiger partial charge in [-0.3, -0.25) is 0 Å². The van der Waals surface area contributed by atoms with E-state index in [1.807, 2.05) is 43.7 Å². The number of imidazole rings is 1. The van der Waals surface area contributed by atoms with E-state index in [0.717, 1.165) is 53.2 Å². The Labute approximate surface area is 145 Å². The molecule has 4 aromatic rings. The van der Waals surface area contributed by atoms with Crippen LogP contribution in [-0.2, 0) is 6.54 Å². The lowest BCUT2D eigenvalue weighted by molar-refractivity contribution is -0.00000535. The number of halogens is 1. The highest BCUT2D eigenvalue weighted by atomic mass is 35.5. The van der Waals surface area contributed by atoms with Gasteiger partial charge in [-0.15, -0.1) is 0 Å². The van der Waals surface area contributed by atoms with Crippen molar-refractivity contribution in [2.75, 3.05) is 11.9 Å². The summed E-state index contributed by atoms with van der Waals surface area (Å²) in [6, 6.07) is 7.93. The van der Waals surface area contributed by atoms with Crippen LogP contribution in [0.25, 0.3) is 22.1 Å². The van der Waals surface area contributed by atoms with E-state index in [1.54, 1.807) is 6.20 Å². The zero-order valence-corrected chi connectivity index (χ0v) is 14.0. The lowest BCUT2D eigenvalue weighted by Crippen LogP contribution is -3.00. The Morgan fingerprint density at radius 1 is 1.21 bits per heavy atom. The molecule has 7 heteroatoms. The highest BCUT2D eigenvalue weighted by Crippen LogP contribution is 2.30. The molecule has 6 nitrogen and oxygen atoms in total. The number of para-hydroxylation sites is 1. The topological polar surface area (TPSA) is 68.8 Å². The fourth-order valence-corrected chi connectivity index (χ4v) is 2.71. The molecule has 0 aliphatic heterocycles. The van der Waals surface area contributed by atoms with E-state index in [9.17, 15) is 0 Å². The molecule has 0 unspecified atom stereocenters. The maximum atomic E-state index is 5.94. The molecule has 0 spiro atoms. The summed E-state index contributed by atoms with van der Waals surface area (Å²) in [6.45, 7) is 3.62. The highest BCUT2D eigenvalue weighted by Gasteiger charge is 2.13. The normalized spacial score (nSPS) is 10.9. The minimum Gasteiger partial charge on any atom is -1.00 e. The van der Waals surface area contributed by atoms with Crippen LogP contribution in [0.4, 0.5) is 5.82 Å². The van der Waals surface area contributed by atoms with Crippen molar-refractivity contribution in [1.82, 2.24) is 19.5 Å².